The second-order valence-corrected chi connectivity index (χ2v) is 6.53. The number of nitrogens with one attached hydrogen (secondary N) is 2. The molecule has 0 aliphatic carbocycles. The summed E-state index contributed by atoms with van der Waals surface area (Å²) in [5.74, 6) is 0.263. The van der Waals surface area contributed by atoms with Crippen molar-refractivity contribution in [3.63, 3.8) is 0 Å². The van der Waals surface area contributed by atoms with Crippen LogP contribution in [0.2, 0.25) is 0 Å². The van der Waals surface area contributed by atoms with Gasteiger partial charge in [-0.3, -0.25) is 4.79 Å². The van der Waals surface area contributed by atoms with Gasteiger partial charge < -0.3 is 15.5 Å². The Hall–Kier alpha value is -1.52. The normalized spacial score (nSPS) is 21.0. The molecule has 0 unspecified atom stereocenters. The van der Waals surface area contributed by atoms with Crippen molar-refractivity contribution in [2.24, 2.45) is 5.92 Å². The van der Waals surface area contributed by atoms with Gasteiger partial charge in [-0.2, -0.15) is 0 Å². The summed E-state index contributed by atoms with van der Waals surface area (Å²) < 4.78 is 0. The van der Waals surface area contributed by atoms with Crippen LogP contribution in [0.15, 0.2) is 12.7 Å². The molecule has 114 valence electrons. The maximum atomic E-state index is 11.9. The summed E-state index contributed by atoms with van der Waals surface area (Å²) in [5, 5.41) is 5.86. The van der Waals surface area contributed by atoms with Crippen LogP contribution in [0.3, 0.4) is 0 Å². The molecule has 0 aromatic carbocycles. The Balaban J connectivity index is 2.50. The van der Waals surface area contributed by atoms with Gasteiger partial charge in [0.25, 0.3) is 0 Å². The van der Waals surface area contributed by atoms with E-state index in [0.29, 0.717) is 12.5 Å². The van der Waals surface area contributed by atoms with Crippen LogP contribution < -0.4 is 10.6 Å². The number of amides is 3. The number of carbonyl (C=O) groups excluding carboxylic acids is 2. The van der Waals surface area contributed by atoms with Crippen LogP contribution in [0.25, 0.3) is 0 Å². The highest BCUT2D eigenvalue weighted by atomic mass is 16.2. The average molecular weight is 281 g/mol. The Bertz CT molecular complexity index is 374. The largest absolute Gasteiger partial charge is 0.339 e. The molecule has 0 spiro atoms. The first-order valence-electron chi connectivity index (χ1n) is 7.23. The molecule has 0 aromatic rings. The van der Waals surface area contributed by atoms with E-state index < -0.39 is 0 Å². The molecule has 0 aromatic heterocycles. The number of hydrogen-bond acceptors (Lipinski definition) is 2. The van der Waals surface area contributed by atoms with Gasteiger partial charge in [0.2, 0.25) is 5.91 Å². The van der Waals surface area contributed by atoms with Crippen LogP contribution in [-0.4, -0.2) is 41.5 Å². The third-order valence-electron chi connectivity index (χ3n) is 3.50. The predicted molar refractivity (Wildman–Crippen MR) is 80.4 cm³/mol. The fourth-order valence-corrected chi connectivity index (χ4v) is 2.45. The second-order valence-electron chi connectivity index (χ2n) is 6.53. The van der Waals surface area contributed by atoms with E-state index in [2.05, 4.69) is 17.2 Å². The summed E-state index contributed by atoms with van der Waals surface area (Å²) in [6.45, 7) is 12.8. The number of nitrogens with zero attached hydrogens (tertiary/aromatic N) is 1. The average Bonchev–Trinajstić information content (AvgIpc) is 2.35. The summed E-state index contributed by atoms with van der Waals surface area (Å²) in [6.07, 6.45) is 3.35. The summed E-state index contributed by atoms with van der Waals surface area (Å²) in [4.78, 5) is 25.3. The van der Waals surface area contributed by atoms with Crippen molar-refractivity contribution < 1.29 is 9.59 Å². The first-order chi connectivity index (χ1) is 9.23. The number of urea groups is 1. The molecular weight excluding hydrogens is 254 g/mol. The molecule has 5 heteroatoms. The number of rotatable bonds is 3. The molecule has 2 N–H and O–H groups in total. The van der Waals surface area contributed by atoms with Crippen LogP contribution >= 0.6 is 0 Å². The lowest BCUT2D eigenvalue weighted by Crippen LogP contribution is -2.53. The number of likely N-dealkylation sites (tertiary alicyclic amines) is 1. The molecule has 20 heavy (non-hydrogen) atoms. The highest BCUT2D eigenvalue weighted by Gasteiger charge is 2.27. The third kappa shape index (κ3) is 5.23. The second kappa shape index (κ2) is 6.77. The summed E-state index contributed by atoms with van der Waals surface area (Å²) >= 11 is 0. The SMILES string of the molecule is C=CC(=O)N1CCC[C@H]([C@@H](C)NC(=O)NC(C)(C)C)C1. The Morgan fingerprint density at radius 3 is 2.60 bits per heavy atom. The topological polar surface area (TPSA) is 61.4 Å². The fourth-order valence-electron chi connectivity index (χ4n) is 2.45. The van der Waals surface area contributed by atoms with E-state index >= 15 is 0 Å². The Labute approximate surface area is 121 Å². The van der Waals surface area contributed by atoms with Gasteiger partial charge in [0.05, 0.1) is 0 Å². The van der Waals surface area contributed by atoms with Crippen molar-refractivity contribution in [2.45, 2.75) is 52.1 Å². The molecule has 0 radical (unpaired) electrons. The van der Waals surface area contributed by atoms with Gasteiger partial charge in [0.1, 0.15) is 0 Å². The Kier molecular flexibility index (Phi) is 5.60. The summed E-state index contributed by atoms with van der Waals surface area (Å²) in [5.41, 5.74) is -0.249. The van der Waals surface area contributed by atoms with Crippen molar-refractivity contribution >= 4 is 11.9 Å². The minimum Gasteiger partial charge on any atom is -0.339 e. The van der Waals surface area contributed by atoms with Crippen LogP contribution in [-0.2, 0) is 4.79 Å². The monoisotopic (exact) mass is 281 g/mol. The van der Waals surface area contributed by atoms with Crippen molar-refractivity contribution in [2.75, 3.05) is 13.1 Å². The van der Waals surface area contributed by atoms with E-state index in [1.54, 1.807) is 4.90 Å². The predicted octanol–water partition coefficient (Wildman–Crippen LogP) is 1.90. The molecule has 1 rings (SSSR count). The summed E-state index contributed by atoms with van der Waals surface area (Å²) in [6, 6.07) is -0.116. The zero-order valence-corrected chi connectivity index (χ0v) is 13.0. The highest BCUT2D eigenvalue weighted by Crippen LogP contribution is 2.20. The molecule has 0 saturated carbocycles. The molecule has 2 atom stereocenters. The number of piperidine rings is 1. The highest BCUT2D eigenvalue weighted by molar-refractivity contribution is 5.87. The van der Waals surface area contributed by atoms with E-state index in [4.69, 9.17) is 0 Å². The minimum absolute atomic E-state index is 0.0268. The molecule has 1 fully saturated rings. The quantitative estimate of drug-likeness (QED) is 0.776. The molecule has 1 heterocycles. The van der Waals surface area contributed by atoms with Crippen molar-refractivity contribution in [1.29, 1.82) is 0 Å². The van der Waals surface area contributed by atoms with Crippen LogP contribution in [0.4, 0.5) is 4.79 Å². The molecular formula is C15H27N3O2. The molecule has 1 saturated heterocycles. The molecule has 1 aliphatic heterocycles. The maximum Gasteiger partial charge on any atom is 0.315 e. The Morgan fingerprint density at radius 2 is 2.05 bits per heavy atom. The maximum absolute atomic E-state index is 11.9. The van der Waals surface area contributed by atoms with E-state index in [-0.39, 0.29) is 23.5 Å². The van der Waals surface area contributed by atoms with Crippen molar-refractivity contribution in [3.8, 4) is 0 Å². The lowest BCUT2D eigenvalue weighted by atomic mass is 9.91. The van der Waals surface area contributed by atoms with E-state index in [0.717, 1.165) is 19.4 Å². The van der Waals surface area contributed by atoms with E-state index in [1.807, 2.05) is 27.7 Å². The van der Waals surface area contributed by atoms with Crippen molar-refractivity contribution in [3.05, 3.63) is 12.7 Å². The smallest absolute Gasteiger partial charge is 0.315 e. The Morgan fingerprint density at radius 1 is 1.40 bits per heavy atom. The lowest BCUT2D eigenvalue weighted by Gasteiger charge is -2.36. The van der Waals surface area contributed by atoms with Crippen molar-refractivity contribution in [1.82, 2.24) is 15.5 Å². The first-order valence-corrected chi connectivity index (χ1v) is 7.23. The number of carbonyl (C=O) groups is 2. The van der Waals surface area contributed by atoms with Gasteiger partial charge in [-0.1, -0.05) is 6.58 Å². The molecule has 3 amide bonds. The van der Waals surface area contributed by atoms with Crippen LogP contribution in [0.5, 0.6) is 0 Å². The zero-order chi connectivity index (χ0) is 15.3. The zero-order valence-electron chi connectivity index (χ0n) is 13.0. The fraction of sp³-hybridized carbons (Fsp3) is 0.733. The molecule has 1 aliphatic rings. The summed E-state index contributed by atoms with van der Waals surface area (Å²) in [7, 11) is 0. The van der Waals surface area contributed by atoms with Crippen LogP contribution in [0.1, 0.15) is 40.5 Å². The van der Waals surface area contributed by atoms with Gasteiger partial charge >= 0.3 is 6.03 Å². The van der Waals surface area contributed by atoms with Crippen LogP contribution in [0, 0.1) is 5.92 Å². The third-order valence-corrected chi connectivity index (χ3v) is 3.50. The lowest BCUT2D eigenvalue weighted by molar-refractivity contribution is -0.127. The first kappa shape index (κ1) is 16.5. The number of hydrogen-bond donors (Lipinski definition) is 2. The van der Waals surface area contributed by atoms with Gasteiger partial charge in [0.15, 0.2) is 0 Å². The van der Waals surface area contributed by atoms with E-state index in [1.165, 1.54) is 6.08 Å². The minimum atomic E-state index is -0.249. The standard InChI is InChI=1S/C15H27N3O2/c1-6-13(19)18-9-7-8-12(10-18)11(2)16-14(20)17-15(3,4)5/h6,11-12H,1,7-10H2,2-5H3,(H2,16,17,20)/t11-,12+/m1/s1. The van der Waals surface area contributed by atoms with Gasteiger partial charge in [-0.15, -0.1) is 0 Å². The molecule has 5 nitrogen and oxygen atoms in total. The van der Waals surface area contributed by atoms with E-state index in [9.17, 15) is 9.59 Å². The van der Waals surface area contributed by atoms with Gasteiger partial charge in [0, 0.05) is 24.7 Å². The van der Waals surface area contributed by atoms with Gasteiger partial charge in [-0.05, 0) is 52.5 Å². The molecule has 0 bridgehead atoms. The van der Waals surface area contributed by atoms with Gasteiger partial charge in [-0.25, -0.2) is 4.79 Å².